The number of ether oxygens (including phenoxy) is 3. The van der Waals surface area contributed by atoms with Crippen LogP contribution in [-0.4, -0.2) is 62.4 Å². The number of carbonyl (C=O) groups excluding carboxylic acids is 1. The van der Waals surface area contributed by atoms with Gasteiger partial charge in [0.25, 0.3) is 0 Å². The van der Waals surface area contributed by atoms with Crippen LogP contribution < -0.4 is 0 Å². The number of carbonyl (C=O) groups is 1. The molecule has 0 heterocycles. The maximum Gasteiger partial charge on any atom is 0.302 e. The molecule has 0 saturated carbocycles. The summed E-state index contributed by atoms with van der Waals surface area (Å²) in [5.74, 6) is -0.211. The van der Waals surface area contributed by atoms with E-state index >= 15 is 0 Å². The van der Waals surface area contributed by atoms with E-state index in [1.165, 1.54) is 6.92 Å². The Labute approximate surface area is 110 Å². The Morgan fingerprint density at radius 2 is 1.33 bits per heavy atom. The van der Waals surface area contributed by atoms with E-state index in [4.69, 9.17) is 14.9 Å². The molecule has 0 spiro atoms. The summed E-state index contributed by atoms with van der Waals surface area (Å²) in [6.45, 7) is 10.0. The number of esters is 1. The van der Waals surface area contributed by atoms with Crippen molar-refractivity contribution in [2.24, 2.45) is 0 Å². The van der Waals surface area contributed by atoms with Gasteiger partial charge in [-0.2, -0.15) is 0 Å². The van der Waals surface area contributed by atoms with Gasteiger partial charge in [0, 0.05) is 20.1 Å². The van der Waals surface area contributed by atoms with Gasteiger partial charge in [-0.15, -0.1) is 0 Å². The molecule has 0 amide bonds. The van der Waals surface area contributed by atoms with Gasteiger partial charge in [-0.05, 0) is 20.8 Å². The molecular formula is C12H28O6. The van der Waals surface area contributed by atoms with Crippen molar-refractivity contribution in [2.45, 2.75) is 27.7 Å². The minimum Gasteiger partial charge on any atom is -0.466 e. The predicted octanol–water partition coefficient (Wildman–Crippen LogP) is 0.600. The molecule has 0 aromatic carbocycles. The molecule has 112 valence electrons. The highest BCUT2D eigenvalue weighted by atomic mass is 16.5. The summed E-state index contributed by atoms with van der Waals surface area (Å²) in [7, 11) is 0. The van der Waals surface area contributed by atoms with Gasteiger partial charge in [0.05, 0.1) is 33.0 Å². The summed E-state index contributed by atoms with van der Waals surface area (Å²) in [4.78, 5) is 9.82. The van der Waals surface area contributed by atoms with E-state index in [2.05, 4.69) is 9.47 Å². The molecule has 0 saturated heterocycles. The van der Waals surface area contributed by atoms with Crippen LogP contribution in [0.5, 0.6) is 0 Å². The van der Waals surface area contributed by atoms with Gasteiger partial charge in [0.1, 0.15) is 0 Å². The standard InChI is InChI=1S/C4H10O3.C4H8O2.C4H10O/c5-1-3-7-4-2-6;1-3-6-4(2)5;1-3-5-4-2/h5-6H,1-4H2;3H2,1-2H3;3-4H2,1-2H3. The fraction of sp³-hybridized carbons (Fsp3) is 0.917. The van der Waals surface area contributed by atoms with Crippen LogP contribution in [0.4, 0.5) is 0 Å². The highest BCUT2D eigenvalue weighted by Crippen LogP contribution is 1.69. The quantitative estimate of drug-likeness (QED) is 0.519. The van der Waals surface area contributed by atoms with Crippen molar-refractivity contribution < 1.29 is 29.2 Å². The summed E-state index contributed by atoms with van der Waals surface area (Å²) in [6, 6.07) is 0. The zero-order chi connectivity index (χ0) is 14.6. The molecule has 2 N–H and O–H groups in total. The lowest BCUT2D eigenvalue weighted by atomic mass is 10.7. The van der Waals surface area contributed by atoms with Crippen LogP contribution in [0.25, 0.3) is 0 Å². The topological polar surface area (TPSA) is 85.2 Å². The second kappa shape index (κ2) is 25.2. The second-order valence-electron chi connectivity index (χ2n) is 2.77. The Morgan fingerprint density at radius 1 is 0.889 bits per heavy atom. The minimum absolute atomic E-state index is 0.0278. The summed E-state index contributed by atoms with van der Waals surface area (Å²) in [6.07, 6.45) is 0. The van der Waals surface area contributed by atoms with Crippen molar-refractivity contribution >= 4 is 5.97 Å². The Bertz CT molecular complexity index is 135. The fourth-order valence-electron chi connectivity index (χ4n) is 0.639. The van der Waals surface area contributed by atoms with Crippen LogP contribution in [0.3, 0.4) is 0 Å². The van der Waals surface area contributed by atoms with Gasteiger partial charge in [0.15, 0.2) is 0 Å². The first kappa shape index (κ1) is 22.5. The molecule has 0 aromatic rings. The first-order valence-corrected chi connectivity index (χ1v) is 6.11. The smallest absolute Gasteiger partial charge is 0.302 e. The molecule has 0 aliphatic rings. The third-order valence-corrected chi connectivity index (χ3v) is 1.23. The summed E-state index contributed by atoms with van der Waals surface area (Å²) in [5, 5.41) is 16.2. The van der Waals surface area contributed by atoms with Gasteiger partial charge in [0.2, 0.25) is 0 Å². The van der Waals surface area contributed by atoms with Crippen molar-refractivity contribution in [1.82, 2.24) is 0 Å². The zero-order valence-electron chi connectivity index (χ0n) is 12.0. The zero-order valence-corrected chi connectivity index (χ0v) is 12.0. The molecule has 0 fully saturated rings. The largest absolute Gasteiger partial charge is 0.466 e. The molecular weight excluding hydrogens is 240 g/mol. The lowest BCUT2D eigenvalue weighted by Crippen LogP contribution is -2.03. The number of rotatable bonds is 7. The molecule has 0 rings (SSSR count). The number of hydrogen-bond donors (Lipinski definition) is 2. The minimum atomic E-state index is -0.211. The lowest BCUT2D eigenvalue weighted by Gasteiger charge is -1.94. The monoisotopic (exact) mass is 268 g/mol. The third-order valence-electron chi connectivity index (χ3n) is 1.23. The average Bonchev–Trinajstić information content (AvgIpc) is 2.32. The van der Waals surface area contributed by atoms with Crippen molar-refractivity contribution in [1.29, 1.82) is 0 Å². The van der Waals surface area contributed by atoms with E-state index in [1.807, 2.05) is 13.8 Å². The van der Waals surface area contributed by atoms with Crippen molar-refractivity contribution in [3.63, 3.8) is 0 Å². The van der Waals surface area contributed by atoms with E-state index in [0.29, 0.717) is 19.8 Å². The van der Waals surface area contributed by atoms with E-state index in [1.54, 1.807) is 6.92 Å². The van der Waals surface area contributed by atoms with Crippen molar-refractivity contribution in [3.05, 3.63) is 0 Å². The average molecular weight is 268 g/mol. The number of hydrogen-bond acceptors (Lipinski definition) is 6. The fourth-order valence-corrected chi connectivity index (χ4v) is 0.639. The molecule has 0 unspecified atom stereocenters. The molecule has 18 heavy (non-hydrogen) atoms. The summed E-state index contributed by atoms with van der Waals surface area (Å²) < 4.78 is 13.9. The van der Waals surface area contributed by atoms with E-state index < -0.39 is 0 Å². The third kappa shape index (κ3) is 45.4. The van der Waals surface area contributed by atoms with Crippen molar-refractivity contribution in [2.75, 3.05) is 46.2 Å². The van der Waals surface area contributed by atoms with E-state index in [-0.39, 0.29) is 19.2 Å². The molecule has 6 heteroatoms. The lowest BCUT2D eigenvalue weighted by molar-refractivity contribution is -0.140. The molecule has 0 aliphatic heterocycles. The van der Waals surface area contributed by atoms with Gasteiger partial charge < -0.3 is 24.4 Å². The summed E-state index contributed by atoms with van der Waals surface area (Å²) in [5.41, 5.74) is 0. The molecule has 0 bridgehead atoms. The van der Waals surface area contributed by atoms with E-state index in [0.717, 1.165) is 13.2 Å². The molecule has 0 radical (unpaired) electrons. The van der Waals surface area contributed by atoms with Crippen LogP contribution >= 0.6 is 0 Å². The molecule has 6 nitrogen and oxygen atoms in total. The first-order valence-electron chi connectivity index (χ1n) is 6.11. The van der Waals surface area contributed by atoms with Crippen LogP contribution in [0, 0.1) is 0 Å². The molecule has 0 aliphatic carbocycles. The van der Waals surface area contributed by atoms with E-state index in [9.17, 15) is 4.79 Å². The predicted molar refractivity (Wildman–Crippen MR) is 69.5 cm³/mol. The highest BCUT2D eigenvalue weighted by Gasteiger charge is 1.81. The maximum atomic E-state index is 9.82. The SMILES string of the molecule is CCOC(C)=O.CCOCC.OCCOCCO. The Morgan fingerprint density at radius 3 is 1.44 bits per heavy atom. The Hall–Kier alpha value is -0.690. The number of aliphatic hydroxyl groups is 2. The number of aliphatic hydroxyl groups excluding tert-OH is 2. The Balaban J connectivity index is -0.000000190. The van der Waals surface area contributed by atoms with Gasteiger partial charge in [-0.1, -0.05) is 0 Å². The second-order valence-corrected chi connectivity index (χ2v) is 2.77. The van der Waals surface area contributed by atoms with Gasteiger partial charge >= 0.3 is 5.97 Å². The Kier molecular flexibility index (Phi) is 31.5. The van der Waals surface area contributed by atoms with Crippen LogP contribution in [0.15, 0.2) is 0 Å². The summed E-state index contributed by atoms with van der Waals surface area (Å²) >= 11 is 0. The molecule has 0 atom stereocenters. The van der Waals surface area contributed by atoms with Crippen LogP contribution in [0.1, 0.15) is 27.7 Å². The molecule has 0 aromatic heterocycles. The highest BCUT2D eigenvalue weighted by molar-refractivity contribution is 5.65. The normalized spacial score (nSPS) is 8.56. The van der Waals surface area contributed by atoms with Crippen LogP contribution in [-0.2, 0) is 19.0 Å². The van der Waals surface area contributed by atoms with Crippen molar-refractivity contribution in [3.8, 4) is 0 Å². The van der Waals surface area contributed by atoms with Gasteiger partial charge in [-0.3, -0.25) is 4.79 Å². The maximum absolute atomic E-state index is 9.82. The first-order chi connectivity index (χ1) is 8.60. The van der Waals surface area contributed by atoms with Gasteiger partial charge in [-0.25, -0.2) is 0 Å². The van der Waals surface area contributed by atoms with Crippen LogP contribution in [0.2, 0.25) is 0 Å².